The van der Waals surface area contributed by atoms with E-state index in [9.17, 15) is 4.57 Å². The number of nitrogens with one attached hydrogen (secondary N) is 1. The summed E-state index contributed by atoms with van der Waals surface area (Å²) in [6, 6.07) is 8.55. The summed E-state index contributed by atoms with van der Waals surface area (Å²) in [4.78, 5) is 0. The molecule has 1 fully saturated rings. The van der Waals surface area contributed by atoms with Gasteiger partial charge in [0.25, 0.3) is 0 Å². The van der Waals surface area contributed by atoms with E-state index in [0.29, 0.717) is 6.04 Å². The zero-order valence-corrected chi connectivity index (χ0v) is 10.3. The van der Waals surface area contributed by atoms with Crippen molar-refractivity contribution in [2.75, 3.05) is 19.9 Å². The second-order valence-corrected chi connectivity index (χ2v) is 7.74. The minimum absolute atomic E-state index is 0.412. The van der Waals surface area contributed by atoms with Gasteiger partial charge in [-0.05, 0) is 38.3 Å². The normalized spacial score (nSPS) is 21.9. The Hall–Kier alpha value is -0.590. The molecule has 1 aromatic carbocycles. The molecule has 1 aliphatic heterocycles. The molecule has 0 aliphatic carbocycles. The van der Waals surface area contributed by atoms with Gasteiger partial charge in [-0.2, -0.15) is 0 Å². The van der Waals surface area contributed by atoms with Gasteiger partial charge in [0, 0.05) is 11.3 Å². The maximum absolute atomic E-state index is 12.2. The third-order valence-electron chi connectivity index (χ3n) is 2.95. The van der Waals surface area contributed by atoms with Crippen molar-refractivity contribution in [1.29, 1.82) is 0 Å². The highest BCUT2D eigenvalue weighted by Crippen LogP contribution is 2.38. The lowest BCUT2D eigenvalue weighted by molar-refractivity contribution is 0.587. The minimum Gasteiger partial charge on any atom is -0.319 e. The van der Waals surface area contributed by atoms with Crippen molar-refractivity contribution >= 4 is 12.4 Å². The summed E-state index contributed by atoms with van der Waals surface area (Å²) >= 11 is 0. The van der Waals surface area contributed by atoms with Crippen molar-refractivity contribution < 1.29 is 4.57 Å². The smallest absolute Gasteiger partial charge is 0.110 e. The Morgan fingerprint density at radius 1 is 1.33 bits per heavy atom. The minimum atomic E-state index is -2.15. The highest BCUT2D eigenvalue weighted by Gasteiger charge is 2.23. The van der Waals surface area contributed by atoms with Crippen LogP contribution in [0, 0.1) is 0 Å². The van der Waals surface area contributed by atoms with E-state index in [2.05, 4.69) is 11.4 Å². The van der Waals surface area contributed by atoms with Gasteiger partial charge in [0.05, 0.1) is 0 Å². The van der Waals surface area contributed by atoms with Crippen LogP contribution in [0.2, 0.25) is 0 Å². The van der Waals surface area contributed by atoms with Crippen molar-refractivity contribution in [3.05, 3.63) is 29.8 Å². The first kappa shape index (κ1) is 10.9. The van der Waals surface area contributed by atoms with E-state index in [1.165, 1.54) is 12.0 Å². The Kier molecular flexibility index (Phi) is 2.99. The highest BCUT2D eigenvalue weighted by molar-refractivity contribution is 7.70. The maximum atomic E-state index is 12.2. The van der Waals surface area contributed by atoms with Gasteiger partial charge in [0.1, 0.15) is 7.14 Å². The van der Waals surface area contributed by atoms with Crippen LogP contribution in [0.25, 0.3) is 0 Å². The molecule has 2 nitrogen and oxygen atoms in total. The van der Waals surface area contributed by atoms with Crippen molar-refractivity contribution in [2.45, 2.75) is 18.9 Å². The quantitative estimate of drug-likeness (QED) is 0.780. The molecule has 0 bridgehead atoms. The van der Waals surface area contributed by atoms with Gasteiger partial charge < -0.3 is 9.88 Å². The van der Waals surface area contributed by atoms with E-state index in [1.54, 1.807) is 0 Å². The summed E-state index contributed by atoms with van der Waals surface area (Å²) in [5.74, 6) is 0. The van der Waals surface area contributed by atoms with Crippen LogP contribution in [0.5, 0.6) is 0 Å². The van der Waals surface area contributed by atoms with E-state index in [4.69, 9.17) is 0 Å². The maximum Gasteiger partial charge on any atom is 0.110 e. The molecule has 82 valence electrons. The van der Waals surface area contributed by atoms with E-state index in [0.717, 1.165) is 18.3 Å². The van der Waals surface area contributed by atoms with Crippen LogP contribution in [-0.2, 0) is 4.57 Å². The molecular formula is C12H18NOP. The van der Waals surface area contributed by atoms with Gasteiger partial charge in [-0.15, -0.1) is 0 Å². The first-order valence-corrected chi connectivity index (χ1v) is 8.07. The lowest BCUT2D eigenvalue weighted by Crippen LogP contribution is -2.20. The van der Waals surface area contributed by atoms with E-state index < -0.39 is 7.14 Å². The monoisotopic (exact) mass is 223 g/mol. The largest absolute Gasteiger partial charge is 0.319 e. The first-order chi connectivity index (χ1) is 7.09. The fourth-order valence-corrected chi connectivity index (χ4v) is 3.52. The highest BCUT2D eigenvalue weighted by atomic mass is 31.2. The Morgan fingerprint density at radius 2 is 2.07 bits per heavy atom. The van der Waals surface area contributed by atoms with Crippen molar-refractivity contribution in [3.63, 3.8) is 0 Å². The fraction of sp³-hybridized carbons (Fsp3) is 0.500. The third kappa shape index (κ3) is 2.32. The molecule has 0 radical (unpaired) electrons. The summed E-state index contributed by atoms with van der Waals surface area (Å²) in [6.45, 7) is 4.78. The van der Waals surface area contributed by atoms with Crippen molar-refractivity contribution in [3.8, 4) is 0 Å². The molecule has 15 heavy (non-hydrogen) atoms. The molecule has 0 amide bonds. The molecule has 0 saturated carbocycles. The average Bonchev–Trinajstić information content (AvgIpc) is 2.69. The van der Waals surface area contributed by atoms with Crippen molar-refractivity contribution in [2.24, 2.45) is 0 Å². The molecular weight excluding hydrogens is 205 g/mol. The molecule has 1 aliphatic rings. The predicted octanol–water partition coefficient (Wildman–Crippen LogP) is 2.36. The second-order valence-electron chi connectivity index (χ2n) is 4.56. The first-order valence-electron chi connectivity index (χ1n) is 5.47. The van der Waals surface area contributed by atoms with Gasteiger partial charge in [0.2, 0.25) is 0 Å². The van der Waals surface area contributed by atoms with E-state index in [1.807, 2.05) is 31.5 Å². The third-order valence-corrected chi connectivity index (χ3v) is 4.52. The lowest BCUT2D eigenvalue weighted by Gasteiger charge is -2.18. The zero-order chi connectivity index (χ0) is 10.9. The fourth-order valence-electron chi connectivity index (χ4n) is 2.22. The van der Waals surface area contributed by atoms with Crippen LogP contribution >= 0.6 is 7.14 Å². The summed E-state index contributed by atoms with van der Waals surface area (Å²) in [6.07, 6.45) is 2.38. The van der Waals surface area contributed by atoms with Crippen LogP contribution in [0.4, 0.5) is 0 Å². The Labute approximate surface area is 91.5 Å². The number of hydrogen-bond donors (Lipinski definition) is 1. The Morgan fingerprint density at radius 3 is 2.67 bits per heavy atom. The topological polar surface area (TPSA) is 29.1 Å². The standard InChI is InChI=1S/C12H18NOP/c1-15(2,14)12-8-4-3-6-10(12)11-7-5-9-13-11/h3-4,6,8,11,13H,5,7,9H2,1-2H3/t11-/m0/s1. The predicted molar refractivity (Wildman–Crippen MR) is 65.5 cm³/mol. The number of benzene rings is 1. The van der Waals surface area contributed by atoms with Crippen LogP contribution in [0.15, 0.2) is 24.3 Å². The van der Waals surface area contributed by atoms with Gasteiger partial charge >= 0.3 is 0 Å². The Bertz CT molecular complexity index is 390. The molecule has 2 rings (SSSR count). The molecule has 1 aromatic rings. The SMILES string of the molecule is CP(C)(=O)c1ccccc1[C@@H]1CCCN1. The average molecular weight is 223 g/mol. The molecule has 1 saturated heterocycles. The van der Waals surface area contributed by atoms with Gasteiger partial charge in [-0.3, -0.25) is 0 Å². The second kappa shape index (κ2) is 4.11. The molecule has 1 heterocycles. The molecule has 0 spiro atoms. The molecule has 0 unspecified atom stereocenters. The molecule has 3 heteroatoms. The van der Waals surface area contributed by atoms with Gasteiger partial charge in [-0.25, -0.2) is 0 Å². The van der Waals surface area contributed by atoms with Gasteiger partial charge in [-0.1, -0.05) is 24.3 Å². The van der Waals surface area contributed by atoms with Crippen LogP contribution in [0.3, 0.4) is 0 Å². The summed E-state index contributed by atoms with van der Waals surface area (Å²) < 4.78 is 12.2. The molecule has 1 N–H and O–H groups in total. The van der Waals surface area contributed by atoms with E-state index >= 15 is 0 Å². The molecule has 1 atom stereocenters. The van der Waals surface area contributed by atoms with Gasteiger partial charge in [0.15, 0.2) is 0 Å². The zero-order valence-electron chi connectivity index (χ0n) is 9.36. The number of rotatable bonds is 2. The van der Waals surface area contributed by atoms with Crippen LogP contribution in [-0.4, -0.2) is 19.9 Å². The van der Waals surface area contributed by atoms with E-state index in [-0.39, 0.29) is 0 Å². The number of hydrogen-bond acceptors (Lipinski definition) is 2. The lowest BCUT2D eigenvalue weighted by atomic mass is 10.1. The molecule has 0 aromatic heterocycles. The summed E-state index contributed by atoms with van der Waals surface area (Å²) in [7, 11) is -2.15. The van der Waals surface area contributed by atoms with Crippen LogP contribution < -0.4 is 10.6 Å². The van der Waals surface area contributed by atoms with Crippen molar-refractivity contribution in [1.82, 2.24) is 5.32 Å². The van der Waals surface area contributed by atoms with Crippen LogP contribution in [0.1, 0.15) is 24.4 Å². The Balaban J connectivity index is 2.42. The summed E-state index contributed by atoms with van der Waals surface area (Å²) in [5, 5.41) is 4.51. The summed E-state index contributed by atoms with van der Waals surface area (Å²) in [5.41, 5.74) is 1.24.